The summed E-state index contributed by atoms with van der Waals surface area (Å²) in [6, 6.07) is 12.5. The fourth-order valence-corrected chi connectivity index (χ4v) is 1.95. The maximum atomic E-state index is 12.1. The smallest absolute Gasteiger partial charge is 0.323 e. The Morgan fingerprint density at radius 3 is 2.10 bits per heavy atom. The second-order valence-corrected chi connectivity index (χ2v) is 4.43. The molecule has 2 amide bonds. The third kappa shape index (κ3) is 3.45. The lowest BCUT2D eigenvalue weighted by Gasteiger charge is -2.15. The number of urea groups is 1. The van der Waals surface area contributed by atoms with Crippen molar-refractivity contribution in [1.29, 1.82) is 0 Å². The Bertz CT molecular complexity index is 619. The molecule has 0 atom stereocenters. The van der Waals surface area contributed by atoms with Crippen molar-refractivity contribution in [3.63, 3.8) is 0 Å². The average molecular weight is 286 g/mol. The maximum absolute atomic E-state index is 12.1. The Labute approximate surface area is 123 Å². The van der Waals surface area contributed by atoms with Gasteiger partial charge in [-0.2, -0.15) is 0 Å². The van der Waals surface area contributed by atoms with E-state index < -0.39 is 0 Å². The van der Waals surface area contributed by atoms with E-state index >= 15 is 0 Å². The van der Waals surface area contributed by atoms with Crippen LogP contribution in [0.15, 0.2) is 42.5 Å². The molecular weight excluding hydrogens is 268 g/mol. The fraction of sp³-hybridized carbons (Fsp3) is 0.188. The Balaban J connectivity index is 2.18. The van der Waals surface area contributed by atoms with E-state index in [0.29, 0.717) is 17.2 Å². The van der Waals surface area contributed by atoms with Gasteiger partial charge in [-0.25, -0.2) is 4.79 Å². The summed E-state index contributed by atoms with van der Waals surface area (Å²) in [4.78, 5) is 12.1. The van der Waals surface area contributed by atoms with Gasteiger partial charge in [-0.3, -0.25) is 0 Å². The minimum absolute atomic E-state index is 0.355. The summed E-state index contributed by atoms with van der Waals surface area (Å²) in [7, 11) is 3.08. The molecule has 21 heavy (non-hydrogen) atoms. The van der Waals surface area contributed by atoms with Gasteiger partial charge in [-0.05, 0) is 30.7 Å². The van der Waals surface area contributed by atoms with Gasteiger partial charge in [0.25, 0.3) is 0 Å². The number of anilines is 2. The Hall–Kier alpha value is -2.69. The van der Waals surface area contributed by atoms with Crippen LogP contribution in [0.5, 0.6) is 11.5 Å². The molecule has 0 aliphatic rings. The number of carbonyl (C=O) groups excluding carboxylic acids is 1. The Morgan fingerprint density at radius 1 is 0.905 bits per heavy atom. The second-order valence-electron chi connectivity index (χ2n) is 4.43. The molecule has 0 aromatic heterocycles. The first-order valence-corrected chi connectivity index (χ1v) is 6.50. The number of hydrogen-bond acceptors (Lipinski definition) is 3. The molecule has 2 rings (SSSR count). The van der Waals surface area contributed by atoms with Gasteiger partial charge in [0.05, 0.1) is 14.2 Å². The van der Waals surface area contributed by atoms with E-state index in [4.69, 9.17) is 9.47 Å². The van der Waals surface area contributed by atoms with Gasteiger partial charge in [-0.1, -0.05) is 24.3 Å². The number of methoxy groups -OCH3 is 2. The number of aryl methyl sites for hydroxylation is 1. The van der Waals surface area contributed by atoms with E-state index in [1.54, 1.807) is 32.4 Å². The summed E-state index contributed by atoms with van der Waals surface area (Å²) in [5.41, 5.74) is 2.23. The number of ether oxygens (including phenoxy) is 2. The third-order valence-corrected chi connectivity index (χ3v) is 3.06. The molecule has 0 spiro atoms. The van der Waals surface area contributed by atoms with Crippen LogP contribution in [-0.4, -0.2) is 20.3 Å². The van der Waals surface area contributed by atoms with Gasteiger partial charge in [-0.15, -0.1) is 0 Å². The normalized spacial score (nSPS) is 9.86. The van der Waals surface area contributed by atoms with Crippen molar-refractivity contribution < 1.29 is 14.3 Å². The van der Waals surface area contributed by atoms with E-state index in [-0.39, 0.29) is 6.03 Å². The quantitative estimate of drug-likeness (QED) is 0.901. The molecule has 0 bridgehead atoms. The maximum Gasteiger partial charge on any atom is 0.323 e. The number of hydrogen-bond donors (Lipinski definition) is 2. The van der Waals surface area contributed by atoms with E-state index in [1.165, 1.54) is 0 Å². The summed E-state index contributed by atoms with van der Waals surface area (Å²) >= 11 is 0. The monoisotopic (exact) mass is 286 g/mol. The van der Waals surface area contributed by atoms with Crippen LogP contribution in [0.4, 0.5) is 16.2 Å². The average Bonchev–Trinajstić information content (AvgIpc) is 2.49. The van der Waals surface area contributed by atoms with Crippen molar-refractivity contribution in [2.24, 2.45) is 0 Å². The molecule has 5 nitrogen and oxygen atoms in total. The van der Waals surface area contributed by atoms with Gasteiger partial charge >= 0.3 is 6.03 Å². The lowest BCUT2D eigenvalue weighted by molar-refractivity contribution is 0.262. The Morgan fingerprint density at radius 2 is 1.52 bits per heavy atom. The van der Waals surface area contributed by atoms with Crippen LogP contribution in [-0.2, 0) is 0 Å². The summed E-state index contributed by atoms with van der Waals surface area (Å²) in [6.45, 7) is 1.93. The summed E-state index contributed by atoms with van der Waals surface area (Å²) < 4.78 is 10.5. The van der Waals surface area contributed by atoms with Crippen molar-refractivity contribution in [3.8, 4) is 11.5 Å². The highest BCUT2D eigenvalue weighted by Gasteiger charge is 2.13. The SMILES string of the molecule is COc1cccc(OC)c1NC(=O)Nc1ccccc1C. The lowest BCUT2D eigenvalue weighted by Crippen LogP contribution is -2.20. The molecule has 110 valence electrons. The zero-order valence-electron chi connectivity index (χ0n) is 12.3. The molecule has 0 heterocycles. The molecule has 2 aromatic carbocycles. The van der Waals surface area contributed by atoms with Gasteiger partial charge in [0.2, 0.25) is 0 Å². The number of benzene rings is 2. The molecule has 0 aliphatic carbocycles. The molecular formula is C16H18N2O3. The largest absolute Gasteiger partial charge is 0.494 e. The first-order chi connectivity index (χ1) is 10.2. The number of carbonyl (C=O) groups is 1. The van der Waals surface area contributed by atoms with Gasteiger partial charge in [0.15, 0.2) is 0 Å². The topological polar surface area (TPSA) is 59.6 Å². The summed E-state index contributed by atoms with van der Waals surface area (Å²) in [5, 5.41) is 5.56. The van der Waals surface area contributed by atoms with E-state index in [1.807, 2.05) is 31.2 Å². The zero-order valence-corrected chi connectivity index (χ0v) is 12.3. The molecule has 0 unspecified atom stereocenters. The second kappa shape index (κ2) is 6.65. The van der Waals surface area contributed by atoms with Crippen LogP contribution in [0.2, 0.25) is 0 Å². The third-order valence-electron chi connectivity index (χ3n) is 3.06. The standard InChI is InChI=1S/C16H18N2O3/c1-11-7-4-5-8-12(11)17-16(19)18-15-13(20-2)9-6-10-14(15)21-3/h4-10H,1-3H3,(H2,17,18,19). The van der Waals surface area contributed by atoms with Crippen LogP contribution < -0.4 is 20.1 Å². The van der Waals surface area contributed by atoms with Crippen molar-refractivity contribution in [2.75, 3.05) is 24.9 Å². The first kappa shape index (κ1) is 14.7. The molecule has 2 aromatic rings. The number of para-hydroxylation sites is 2. The summed E-state index contributed by atoms with van der Waals surface area (Å²) in [6.07, 6.45) is 0. The Kier molecular flexibility index (Phi) is 4.66. The van der Waals surface area contributed by atoms with Crippen molar-refractivity contribution >= 4 is 17.4 Å². The van der Waals surface area contributed by atoms with Crippen molar-refractivity contribution in [1.82, 2.24) is 0 Å². The molecule has 0 saturated carbocycles. The van der Waals surface area contributed by atoms with Gasteiger partial charge in [0, 0.05) is 5.69 Å². The van der Waals surface area contributed by atoms with Gasteiger partial charge < -0.3 is 20.1 Å². The van der Waals surface area contributed by atoms with E-state index in [2.05, 4.69) is 10.6 Å². The lowest BCUT2D eigenvalue weighted by atomic mass is 10.2. The highest BCUT2D eigenvalue weighted by molar-refractivity contribution is 6.02. The molecule has 0 saturated heterocycles. The van der Waals surface area contributed by atoms with Crippen LogP contribution in [0.25, 0.3) is 0 Å². The minimum Gasteiger partial charge on any atom is -0.494 e. The molecule has 0 aliphatic heterocycles. The molecule has 5 heteroatoms. The summed E-state index contributed by atoms with van der Waals surface area (Å²) in [5.74, 6) is 1.07. The highest BCUT2D eigenvalue weighted by atomic mass is 16.5. The number of nitrogens with one attached hydrogen (secondary N) is 2. The van der Waals surface area contributed by atoms with Crippen molar-refractivity contribution in [2.45, 2.75) is 6.92 Å². The van der Waals surface area contributed by atoms with Crippen LogP contribution in [0.3, 0.4) is 0 Å². The predicted octanol–water partition coefficient (Wildman–Crippen LogP) is 3.66. The van der Waals surface area contributed by atoms with Crippen molar-refractivity contribution in [3.05, 3.63) is 48.0 Å². The zero-order chi connectivity index (χ0) is 15.2. The first-order valence-electron chi connectivity index (χ1n) is 6.50. The predicted molar refractivity (Wildman–Crippen MR) is 83.4 cm³/mol. The van der Waals surface area contributed by atoms with E-state index in [9.17, 15) is 4.79 Å². The molecule has 2 N–H and O–H groups in total. The molecule has 0 radical (unpaired) electrons. The highest BCUT2D eigenvalue weighted by Crippen LogP contribution is 2.34. The van der Waals surface area contributed by atoms with Crippen LogP contribution >= 0.6 is 0 Å². The van der Waals surface area contributed by atoms with Gasteiger partial charge in [0.1, 0.15) is 17.2 Å². The van der Waals surface area contributed by atoms with E-state index in [0.717, 1.165) is 11.3 Å². The minimum atomic E-state index is -0.355. The molecule has 0 fully saturated rings. The van der Waals surface area contributed by atoms with Crippen LogP contribution in [0.1, 0.15) is 5.56 Å². The fourth-order valence-electron chi connectivity index (χ4n) is 1.95. The number of rotatable bonds is 4. The van der Waals surface area contributed by atoms with Crippen LogP contribution in [0, 0.1) is 6.92 Å². The number of amides is 2.